The Morgan fingerprint density at radius 2 is 2.04 bits per heavy atom. The lowest BCUT2D eigenvalue weighted by molar-refractivity contribution is 0.0916. The Hall–Kier alpha value is -2.00. The van der Waals surface area contributed by atoms with Gasteiger partial charge in [-0.2, -0.15) is 0 Å². The van der Waals surface area contributed by atoms with Crippen LogP contribution in [0.1, 0.15) is 47.8 Å². The van der Waals surface area contributed by atoms with Crippen LogP contribution < -0.4 is 5.32 Å². The fourth-order valence-electron chi connectivity index (χ4n) is 3.38. The highest BCUT2D eigenvalue weighted by Crippen LogP contribution is 2.28. The highest BCUT2D eigenvalue weighted by molar-refractivity contribution is 7.88. The van der Waals surface area contributed by atoms with Gasteiger partial charge in [0.05, 0.1) is 11.8 Å². The molecule has 1 amide bonds. The molecule has 1 saturated heterocycles. The molecule has 2 aromatic heterocycles. The van der Waals surface area contributed by atoms with E-state index >= 15 is 0 Å². The molecule has 2 fully saturated rings. The van der Waals surface area contributed by atoms with E-state index in [1.54, 1.807) is 18.3 Å². The van der Waals surface area contributed by atoms with Crippen LogP contribution >= 0.6 is 0 Å². The second kappa shape index (κ2) is 6.06. The molecule has 0 radical (unpaired) electrons. The first kappa shape index (κ1) is 16.5. The van der Waals surface area contributed by atoms with E-state index in [4.69, 9.17) is 0 Å². The molecule has 0 bridgehead atoms. The van der Waals surface area contributed by atoms with Gasteiger partial charge >= 0.3 is 0 Å². The van der Waals surface area contributed by atoms with Crippen molar-refractivity contribution in [3.63, 3.8) is 0 Å². The summed E-state index contributed by atoms with van der Waals surface area (Å²) in [6.45, 7) is 0.887. The summed E-state index contributed by atoms with van der Waals surface area (Å²) >= 11 is 0. The van der Waals surface area contributed by atoms with Crippen molar-refractivity contribution in [3.05, 3.63) is 29.7 Å². The number of hydrogen-bond donors (Lipinski definition) is 1. The number of carbonyl (C=O) groups is 1. The molecule has 1 atom stereocenters. The largest absolute Gasteiger partial charge is 0.349 e. The van der Waals surface area contributed by atoms with Crippen LogP contribution in [0.15, 0.2) is 18.3 Å². The molecule has 4 rings (SSSR count). The van der Waals surface area contributed by atoms with Gasteiger partial charge in [-0.05, 0) is 37.8 Å². The number of pyridine rings is 1. The van der Waals surface area contributed by atoms with Crippen LogP contribution in [0.2, 0.25) is 0 Å². The number of amides is 1. The van der Waals surface area contributed by atoms with Gasteiger partial charge in [-0.15, -0.1) is 10.2 Å². The first-order chi connectivity index (χ1) is 11.9. The van der Waals surface area contributed by atoms with Crippen molar-refractivity contribution in [3.8, 4) is 0 Å². The number of rotatable bonds is 4. The first-order valence-electron chi connectivity index (χ1n) is 8.52. The fraction of sp³-hybridized carbons (Fsp3) is 0.562. The Kier molecular flexibility index (Phi) is 3.99. The summed E-state index contributed by atoms with van der Waals surface area (Å²) < 4.78 is 26.7. The van der Waals surface area contributed by atoms with E-state index in [9.17, 15) is 13.2 Å². The van der Waals surface area contributed by atoms with E-state index in [1.165, 1.54) is 10.6 Å². The van der Waals surface area contributed by atoms with Gasteiger partial charge in [0.2, 0.25) is 10.0 Å². The molecule has 8 nitrogen and oxygen atoms in total. The molecule has 1 saturated carbocycles. The monoisotopic (exact) mass is 363 g/mol. The summed E-state index contributed by atoms with van der Waals surface area (Å²) in [4.78, 5) is 12.4. The maximum atomic E-state index is 12.4. The summed E-state index contributed by atoms with van der Waals surface area (Å²) in [6, 6.07) is 3.80. The van der Waals surface area contributed by atoms with Gasteiger partial charge in [0.25, 0.3) is 5.91 Å². The number of nitrogens with zero attached hydrogens (tertiary/aromatic N) is 4. The minimum absolute atomic E-state index is 0.0188. The Bertz CT molecular complexity index is 919. The minimum Gasteiger partial charge on any atom is -0.349 e. The van der Waals surface area contributed by atoms with E-state index < -0.39 is 10.0 Å². The molecule has 0 aromatic carbocycles. The number of fused-ring (bicyclic) bond motifs is 1. The van der Waals surface area contributed by atoms with Crippen molar-refractivity contribution in [1.82, 2.24) is 24.2 Å². The molecule has 1 aliphatic carbocycles. The number of hydrogen-bond acceptors (Lipinski definition) is 5. The summed E-state index contributed by atoms with van der Waals surface area (Å²) in [5.74, 6) is 0.601. The van der Waals surface area contributed by atoms with Crippen LogP contribution in [0.25, 0.3) is 5.65 Å². The molecule has 9 heteroatoms. The predicted octanol–water partition coefficient (Wildman–Crippen LogP) is 0.760. The maximum Gasteiger partial charge on any atom is 0.252 e. The lowest BCUT2D eigenvalue weighted by atomic mass is 9.93. The Balaban J connectivity index is 1.60. The third-order valence-electron chi connectivity index (χ3n) is 5.12. The standard InChI is InChI=1S/C16H21N5O3S/c1-25(23,24)20-8-7-11(9-20)15-19-18-14-6-5-12(10-21(14)15)16(22)17-13-3-2-4-13/h5-6,10-11,13H,2-4,7-9H2,1H3,(H,17,22)/t11-/m0/s1. The molecule has 134 valence electrons. The van der Waals surface area contributed by atoms with Crippen molar-refractivity contribution in [2.24, 2.45) is 0 Å². The normalized spacial score (nSPS) is 22.2. The second-order valence-corrected chi connectivity index (χ2v) is 8.89. The topological polar surface area (TPSA) is 96.7 Å². The van der Waals surface area contributed by atoms with Crippen molar-refractivity contribution >= 4 is 21.6 Å². The van der Waals surface area contributed by atoms with Crippen molar-refractivity contribution < 1.29 is 13.2 Å². The molecule has 2 aromatic rings. The number of carbonyl (C=O) groups excluding carboxylic acids is 1. The molecule has 0 unspecified atom stereocenters. The quantitative estimate of drug-likeness (QED) is 0.865. The second-order valence-electron chi connectivity index (χ2n) is 6.91. The van der Waals surface area contributed by atoms with Gasteiger partial charge in [0.15, 0.2) is 5.65 Å². The Morgan fingerprint density at radius 1 is 1.24 bits per heavy atom. The van der Waals surface area contributed by atoms with Gasteiger partial charge < -0.3 is 5.32 Å². The van der Waals surface area contributed by atoms with Gasteiger partial charge in [-0.1, -0.05) is 0 Å². The Morgan fingerprint density at radius 3 is 2.68 bits per heavy atom. The zero-order valence-electron chi connectivity index (χ0n) is 14.1. The minimum atomic E-state index is -3.20. The van der Waals surface area contributed by atoms with E-state index in [1.807, 2.05) is 4.40 Å². The summed E-state index contributed by atoms with van der Waals surface area (Å²) in [5.41, 5.74) is 1.23. The molecule has 25 heavy (non-hydrogen) atoms. The average Bonchev–Trinajstić information content (AvgIpc) is 3.15. The van der Waals surface area contributed by atoms with Crippen LogP contribution in [-0.2, 0) is 10.0 Å². The zero-order chi connectivity index (χ0) is 17.6. The van der Waals surface area contributed by atoms with E-state index in [0.29, 0.717) is 36.5 Å². The third-order valence-corrected chi connectivity index (χ3v) is 6.39. The number of sulfonamides is 1. The summed E-state index contributed by atoms with van der Waals surface area (Å²) in [7, 11) is -3.20. The summed E-state index contributed by atoms with van der Waals surface area (Å²) in [5, 5.41) is 11.4. The molecular weight excluding hydrogens is 342 g/mol. The predicted molar refractivity (Wildman–Crippen MR) is 91.9 cm³/mol. The molecule has 2 aliphatic rings. The number of aromatic nitrogens is 3. The van der Waals surface area contributed by atoms with E-state index in [0.717, 1.165) is 19.3 Å². The maximum absolute atomic E-state index is 12.4. The summed E-state index contributed by atoms with van der Waals surface area (Å²) in [6.07, 6.45) is 6.91. The molecule has 3 heterocycles. The first-order valence-corrected chi connectivity index (χ1v) is 10.4. The van der Waals surface area contributed by atoms with Crippen LogP contribution in [0.3, 0.4) is 0 Å². The molecule has 1 aliphatic heterocycles. The fourth-order valence-corrected chi connectivity index (χ4v) is 4.27. The van der Waals surface area contributed by atoms with Gasteiger partial charge in [-0.25, -0.2) is 12.7 Å². The van der Waals surface area contributed by atoms with Crippen molar-refractivity contribution in [1.29, 1.82) is 0 Å². The van der Waals surface area contributed by atoms with Gasteiger partial charge in [0, 0.05) is 31.2 Å². The lowest BCUT2D eigenvalue weighted by Crippen LogP contribution is -2.39. The van der Waals surface area contributed by atoms with Crippen LogP contribution in [-0.4, -0.2) is 58.6 Å². The highest BCUT2D eigenvalue weighted by Gasteiger charge is 2.32. The molecule has 1 N–H and O–H groups in total. The third kappa shape index (κ3) is 3.13. The average molecular weight is 363 g/mol. The number of nitrogens with one attached hydrogen (secondary N) is 1. The van der Waals surface area contributed by atoms with E-state index in [2.05, 4.69) is 15.5 Å². The lowest BCUT2D eigenvalue weighted by Gasteiger charge is -2.26. The van der Waals surface area contributed by atoms with Crippen LogP contribution in [0, 0.1) is 0 Å². The smallest absolute Gasteiger partial charge is 0.252 e. The van der Waals surface area contributed by atoms with Gasteiger partial charge in [0.1, 0.15) is 5.82 Å². The zero-order valence-corrected chi connectivity index (χ0v) is 14.9. The van der Waals surface area contributed by atoms with Crippen molar-refractivity contribution in [2.45, 2.75) is 37.6 Å². The SMILES string of the molecule is CS(=O)(=O)N1CC[C@H](c2nnc3ccc(C(=O)NC4CCC4)cn23)C1. The van der Waals surface area contributed by atoms with E-state index in [-0.39, 0.29) is 17.9 Å². The Labute approximate surface area is 146 Å². The highest BCUT2D eigenvalue weighted by atomic mass is 32.2. The van der Waals surface area contributed by atoms with Crippen molar-refractivity contribution in [2.75, 3.05) is 19.3 Å². The van der Waals surface area contributed by atoms with Crippen LogP contribution in [0.4, 0.5) is 0 Å². The molecule has 0 spiro atoms. The van der Waals surface area contributed by atoms with Crippen LogP contribution in [0.5, 0.6) is 0 Å². The van der Waals surface area contributed by atoms with Gasteiger partial charge in [-0.3, -0.25) is 9.20 Å². The molecular formula is C16H21N5O3S.